The predicted octanol–water partition coefficient (Wildman–Crippen LogP) is 2.72. The summed E-state index contributed by atoms with van der Waals surface area (Å²) < 4.78 is -2.10. The maximum absolute atomic E-state index is 11.2. The minimum atomic E-state index is -2.10. The average molecular weight is 252 g/mol. The Labute approximate surface area is 90.1 Å². The molecule has 12 heavy (non-hydrogen) atoms. The van der Waals surface area contributed by atoms with Gasteiger partial charge in [-0.3, -0.25) is 9.59 Å². The molecule has 0 bridgehead atoms. The molecule has 0 atom stereocenters. The van der Waals surface area contributed by atoms with Crippen LogP contribution in [0.1, 0.15) is 13.8 Å². The van der Waals surface area contributed by atoms with Crippen molar-refractivity contribution in [2.24, 2.45) is 5.41 Å². The molecule has 0 aromatic heterocycles. The second kappa shape index (κ2) is 3.70. The normalized spacial score (nSPS) is 12.8. The number of carbonyl (C=O) groups excluding carboxylic acids is 2. The minimum Gasteiger partial charge on any atom is -0.294 e. The first kappa shape index (κ1) is 12.5. The van der Waals surface area contributed by atoms with Crippen LogP contribution in [0.25, 0.3) is 0 Å². The van der Waals surface area contributed by atoms with Crippen molar-refractivity contribution in [1.82, 2.24) is 0 Å². The third-order valence-corrected chi connectivity index (χ3v) is 2.30. The highest BCUT2D eigenvalue weighted by molar-refractivity contribution is 6.78. The van der Waals surface area contributed by atoms with Gasteiger partial charge in [0, 0.05) is 0 Å². The molecule has 0 aromatic rings. The zero-order valence-electron chi connectivity index (χ0n) is 6.33. The first-order chi connectivity index (χ1) is 5.10. The summed E-state index contributed by atoms with van der Waals surface area (Å²) in [6.45, 7) is 2.60. The van der Waals surface area contributed by atoms with Gasteiger partial charge in [-0.05, 0) is 25.4 Å². The molecule has 70 valence electrons. The van der Waals surface area contributed by atoms with Crippen LogP contribution in [0.15, 0.2) is 0 Å². The summed E-state index contributed by atoms with van der Waals surface area (Å²) in [6, 6.07) is 0. The van der Waals surface area contributed by atoms with Gasteiger partial charge in [-0.2, -0.15) is 0 Å². The average Bonchev–Trinajstić information content (AvgIpc) is 1.83. The molecule has 6 heteroatoms. The molecule has 0 spiro atoms. The number of alkyl halides is 3. The molecule has 0 radical (unpaired) electrons. The van der Waals surface area contributed by atoms with Crippen LogP contribution in [0.2, 0.25) is 0 Å². The minimum absolute atomic E-state index is 0.833. The molecule has 0 heterocycles. The van der Waals surface area contributed by atoms with Gasteiger partial charge < -0.3 is 0 Å². The number of Topliss-reactive ketones (excluding diaryl/α,β-unsaturated/α-hetero) is 1. The SMILES string of the molecule is CC(C)(C(=O)Cl)C(=O)C(Cl)(Cl)Cl. The summed E-state index contributed by atoms with van der Waals surface area (Å²) in [4.78, 5) is 21.9. The van der Waals surface area contributed by atoms with E-state index in [1.165, 1.54) is 13.8 Å². The van der Waals surface area contributed by atoms with E-state index in [4.69, 9.17) is 46.4 Å². The van der Waals surface area contributed by atoms with Gasteiger partial charge in [-0.1, -0.05) is 34.8 Å². The lowest BCUT2D eigenvalue weighted by atomic mass is 9.90. The smallest absolute Gasteiger partial charge is 0.249 e. The fourth-order valence-corrected chi connectivity index (χ4v) is 1.24. The van der Waals surface area contributed by atoms with E-state index in [-0.39, 0.29) is 0 Å². The fourth-order valence-electron chi connectivity index (χ4n) is 0.444. The van der Waals surface area contributed by atoms with Gasteiger partial charge in [-0.15, -0.1) is 0 Å². The molecule has 0 saturated heterocycles. The number of ketones is 1. The Morgan fingerprint density at radius 1 is 1.08 bits per heavy atom. The van der Waals surface area contributed by atoms with E-state index >= 15 is 0 Å². The molecule has 2 nitrogen and oxygen atoms in total. The maximum atomic E-state index is 11.2. The van der Waals surface area contributed by atoms with Crippen molar-refractivity contribution in [3.63, 3.8) is 0 Å². The lowest BCUT2D eigenvalue weighted by Gasteiger charge is -2.22. The lowest BCUT2D eigenvalue weighted by molar-refractivity contribution is -0.133. The zero-order valence-corrected chi connectivity index (χ0v) is 9.35. The van der Waals surface area contributed by atoms with E-state index in [0.717, 1.165) is 0 Å². The number of hydrogen-bond donors (Lipinski definition) is 0. The fraction of sp³-hybridized carbons (Fsp3) is 0.667. The molecule has 0 rings (SSSR count). The van der Waals surface area contributed by atoms with Crippen LogP contribution < -0.4 is 0 Å². The van der Waals surface area contributed by atoms with E-state index in [1.54, 1.807) is 0 Å². The van der Waals surface area contributed by atoms with Crippen LogP contribution in [-0.2, 0) is 9.59 Å². The standard InChI is InChI=1S/C6H6Cl4O2/c1-5(2,4(7)12)3(11)6(8,9)10/h1-2H3. The molecule has 0 N–H and O–H groups in total. The molecule has 0 saturated carbocycles. The van der Waals surface area contributed by atoms with E-state index in [2.05, 4.69) is 0 Å². The summed E-state index contributed by atoms with van der Waals surface area (Å²) in [7, 11) is 0. The highest BCUT2D eigenvalue weighted by Crippen LogP contribution is 2.36. The highest BCUT2D eigenvalue weighted by atomic mass is 35.6. The third-order valence-electron chi connectivity index (χ3n) is 1.32. The Morgan fingerprint density at radius 2 is 1.42 bits per heavy atom. The van der Waals surface area contributed by atoms with Crippen molar-refractivity contribution in [1.29, 1.82) is 0 Å². The first-order valence-electron chi connectivity index (χ1n) is 2.91. The van der Waals surface area contributed by atoms with Crippen molar-refractivity contribution in [3.05, 3.63) is 0 Å². The lowest BCUT2D eigenvalue weighted by Crippen LogP contribution is -2.38. The first-order valence-corrected chi connectivity index (χ1v) is 4.43. The molecular formula is C6H6Cl4O2. The summed E-state index contributed by atoms with van der Waals surface area (Å²) in [5.74, 6) is -0.833. The topological polar surface area (TPSA) is 34.1 Å². The largest absolute Gasteiger partial charge is 0.294 e. The molecule has 0 amide bonds. The van der Waals surface area contributed by atoms with Gasteiger partial charge in [-0.25, -0.2) is 0 Å². The van der Waals surface area contributed by atoms with Gasteiger partial charge >= 0.3 is 0 Å². The number of carbonyl (C=O) groups is 2. The molecule has 0 unspecified atom stereocenters. The Morgan fingerprint density at radius 3 is 1.50 bits per heavy atom. The van der Waals surface area contributed by atoms with E-state index in [0.29, 0.717) is 0 Å². The molecule has 0 aliphatic carbocycles. The number of halogens is 4. The summed E-state index contributed by atoms with van der Waals surface area (Å²) in [5, 5.41) is -0.848. The highest BCUT2D eigenvalue weighted by Gasteiger charge is 2.45. The Hall–Kier alpha value is 0.500. The third kappa shape index (κ3) is 2.77. The predicted molar refractivity (Wildman–Crippen MR) is 49.9 cm³/mol. The van der Waals surface area contributed by atoms with Crippen molar-refractivity contribution < 1.29 is 9.59 Å². The van der Waals surface area contributed by atoms with Gasteiger partial charge in [0.25, 0.3) is 0 Å². The number of rotatable bonds is 2. The molecule has 0 aromatic carbocycles. The Kier molecular flexibility index (Phi) is 3.86. The maximum Gasteiger partial charge on any atom is 0.249 e. The molecule has 0 aliphatic rings. The molecule has 0 aliphatic heterocycles. The second-order valence-electron chi connectivity index (χ2n) is 2.73. The van der Waals surface area contributed by atoms with Gasteiger partial charge in [0.1, 0.15) is 5.41 Å². The quantitative estimate of drug-likeness (QED) is 0.430. The molecular weight excluding hydrogens is 246 g/mol. The van der Waals surface area contributed by atoms with Crippen molar-refractivity contribution in [3.8, 4) is 0 Å². The van der Waals surface area contributed by atoms with Crippen molar-refractivity contribution >= 4 is 57.4 Å². The zero-order chi connectivity index (χ0) is 10.2. The van der Waals surface area contributed by atoms with E-state index in [1.807, 2.05) is 0 Å². The Balaban J connectivity index is 4.83. The summed E-state index contributed by atoms with van der Waals surface area (Å²) in [5.41, 5.74) is -1.47. The van der Waals surface area contributed by atoms with Crippen LogP contribution >= 0.6 is 46.4 Å². The second-order valence-corrected chi connectivity index (χ2v) is 5.35. The van der Waals surface area contributed by atoms with Crippen LogP contribution in [0.4, 0.5) is 0 Å². The summed E-state index contributed by atoms with van der Waals surface area (Å²) in [6.07, 6.45) is 0. The van der Waals surface area contributed by atoms with Crippen LogP contribution in [0.5, 0.6) is 0 Å². The monoisotopic (exact) mass is 250 g/mol. The van der Waals surface area contributed by atoms with Crippen molar-refractivity contribution in [2.45, 2.75) is 17.6 Å². The van der Waals surface area contributed by atoms with E-state index < -0.39 is 20.2 Å². The van der Waals surface area contributed by atoms with Gasteiger partial charge in [0.05, 0.1) is 0 Å². The summed E-state index contributed by atoms with van der Waals surface area (Å²) >= 11 is 21.0. The Bertz CT molecular complexity index is 216. The molecule has 0 fully saturated rings. The van der Waals surface area contributed by atoms with Crippen molar-refractivity contribution in [2.75, 3.05) is 0 Å². The van der Waals surface area contributed by atoms with Gasteiger partial charge in [0.15, 0.2) is 5.78 Å². The number of hydrogen-bond acceptors (Lipinski definition) is 2. The van der Waals surface area contributed by atoms with Crippen LogP contribution in [0.3, 0.4) is 0 Å². The van der Waals surface area contributed by atoms with Gasteiger partial charge in [0.2, 0.25) is 9.03 Å². The van der Waals surface area contributed by atoms with E-state index in [9.17, 15) is 9.59 Å². The van der Waals surface area contributed by atoms with Crippen LogP contribution in [-0.4, -0.2) is 14.8 Å². The van der Waals surface area contributed by atoms with Crippen LogP contribution in [0, 0.1) is 5.41 Å².